The van der Waals surface area contributed by atoms with E-state index in [9.17, 15) is 0 Å². The van der Waals surface area contributed by atoms with E-state index in [2.05, 4.69) is 31.0 Å². The fourth-order valence-electron chi connectivity index (χ4n) is 1.59. The van der Waals surface area contributed by atoms with Gasteiger partial charge in [0.1, 0.15) is 0 Å². The molecule has 0 spiro atoms. The molecule has 0 unspecified atom stereocenters. The Morgan fingerprint density at radius 3 is 2.50 bits per heavy atom. The van der Waals surface area contributed by atoms with Gasteiger partial charge in [-0.2, -0.15) is 0 Å². The van der Waals surface area contributed by atoms with Crippen LogP contribution in [0.25, 0.3) is 0 Å². The molecule has 1 aliphatic rings. The van der Waals surface area contributed by atoms with Crippen LogP contribution in [-0.2, 0) is 4.74 Å². The van der Waals surface area contributed by atoms with E-state index in [-0.39, 0.29) is 5.41 Å². The van der Waals surface area contributed by atoms with Crippen LogP contribution in [0.2, 0.25) is 0 Å². The van der Waals surface area contributed by atoms with Gasteiger partial charge in [-0.15, -0.1) is 0 Å². The Morgan fingerprint density at radius 1 is 1.31 bits per heavy atom. The predicted molar refractivity (Wildman–Crippen MR) is 71.9 cm³/mol. The Labute approximate surface area is 105 Å². The largest absolute Gasteiger partial charge is 0.379 e. The van der Waals surface area contributed by atoms with Crippen LogP contribution in [0.5, 0.6) is 0 Å². The second kappa shape index (κ2) is 6.52. The Morgan fingerprint density at radius 2 is 1.94 bits per heavy atom. The summed E-state index contributed by atoms with van der Waals surface area (Å²) in [6, 6.07) is 0. The standard InChI is InChI=1S/C12H24N2OS/c1-12(2,3)11(16)13-5-4-6-14-7-9-15-10-8-14/h4-10H2,1-3H3,(H,13,16). The maximum atomic E-state index is 5.32. The number of thiocarbonyl (C=S) groups is 1. The lowest BCUT2D eigenvalue weighted by molar-refractivity contribution is 0.0376. The fourth-order valence-corrected chi connectivity index (χ4v) is 1.70. The number of rotatable bonds is 4. The third-order valence-corrected chi connectivity index (χ3v) is 3.48. The van der Waals surface area contributed by atoms with Gasteiger partial charge in [0.25, 0.3) is 0 Å². The highest BCUT2D eigenvalue weighted by Gasteiger charge is 2.16. The molecule has 94 valence electrons. The molecule has 1 aliphatic heterocycles. The summed E-state index contributed by atoms with van der Waals surface area (Å²) in [5.41, 5.74) is 0.0916. The first-order chi connectivity index (χ1) is 7.50. The van der Waals surface area contributed by atoms with Crippen LogP contribution in [-0.4, -0.2) is 49.3 Å². The van der Waals surface area contributed by atoms with Crippen LogP contribution in [0.15, 0.2) is 0 Å². The van der Waals surface area contributed by atoms with Gasteiger partial charge in [-0.25, -0.2) is 0 Å². The molecule has 0 aromatic rings. The normalized spacial score (nSPS) is 18.4. The molecule has 0 amide bonds. The number of morpholine rings is 1. The van der Waals surface area contributed by atoms with Gasteiger partial charge in [0.15, 0.2) is 0 Å². The van der Waals surface area contributed by atoms with Gasteiger partial charge in [0.2, 0.25) is 0 Å². The van der Waals surface area contributed by atoms with Crippen molar-refractivity contribution in [3.05, 3.63) is 0 Å². The highest BCUT2D eigenvalue weighted by Crippen LogP contribution is 2.13. The number of nitrogens with one attached hydrogen (secondary N) is 1. The maximum Gasteiger partial charge on any atom is 0.0807 e. The smallest absolute Gasteiger partial charge is 0.0807 e. The molecule has 3 nitrogen and oxygen atoms in total. The van der Waals surface area contributed by atoms with Crippen molar-refractivity contribution in [2.45, 2.75) is 27.2 Å². The second-order valence-corrected chi connectivity index (χ2v) is 5.72. The molecule has 0 bridgehead atoms. The Hall–Kier alpha value is -0.190. The Kier molecular flexibility index (Phi) is 5.66. The van der Waals surface area contributed by atoms with Crippen LogP contribution in [0.1, 0.15) is 27.2 Å². The highest BCUT2D eigenvalue weighted by atomic mass is 32.1. The maximum absolute atomic E-state index is 5.32. The molecule has 0 aromatic heterocycles. The Balaban J connectivity index is 2.05. The quantitative estimate of drug-likeness (QED) is 0.600. The molecule has 16 heavy (non-hydrogen) atoms. The van der Waals surface area contributed by atoms with Crippen LogP contribution in [0, 0.1) is 5.41 Å². The van der Waals surface area contributed by atoms with Crippen molar-refractivity contribution in [1.29, 1.82) is 0 Å². The van der Waals surface area contributed by atoms with Crippen molar-refractivity contribution in [3.8, 4) is 0 Å². The minimum Gasteiger partial charge on any atom is -0.379 e. The van der Waals surface area contributed by atoms with Gasteiger partial charge in [0, 0.05) is 25.0 Å². The SMILES string of the molecule is CC(C)(C)C(=S)NCCCN1CCOCC1. The molecule has 0 radical (unpaired) electrons. The van der Waals surface area contributed by atoms with Crippen LogP contribution < -0.4 is 5.32 Å². The zero-order valence-corrected chi connectivity index (χ0v) is 11.5. The second-order valence-electron chi connectivity index (χ2n) is 5.31. The first kappa shape index (κ1) is 13.9. The van der Waals surface area contributed by atoms with Crippen molar-refractivity contribution in [1.82, 2.24) is 10.2 Å². The van der Waals surface area contributed by atoms with Crippen molar-refractivity contribution < 1.29 is 4.74 Å². The van der Waals surface area contributed by atoms with E-state index in [4.69, 9.17) is 17.0 Å². The van der Waals surface area contributed by atoms with E-state index in [1.807, 2.05) is 0 Å². The minimum atomic E-state index is 0.0916. The zero-order valence-electron chi connectivity index (χ0n) is 10.7. The number of ether oxygens (including phenoxy) is 1. The van der Waals surface area contributed by atoms with Gasteiger partial charge in [0.05, 0.1) is 18.2 Å². The zero-order chi connectivity index (χ0) is 12.0. The van der Waals surface area contributed by atoms with Gasteiger partial charge in [-0.05, 0) is 13.0 Å². The van der Waals surface area contributed by atoms with Crippen molar-refractivity contribution in [2.24, 2.45) is 5.41 Å². The van der Waals surface area contributed by atoms with E-state index < -0.39 is 0 Å². The predicted octanol–water partition coefficient (Wildman–Crippen LogP) is 1.67. The molecule has 1 fully saturated rings. The summed E-state index contributed by atoms with van der Waals surface area (Å²) in [5.74, 6) is 0. The molecule has 1 heterocycles. The highest BCUT2D eigenvalue weighted by molar-refractivity contribution is 7.80. The topological polar surface area (TPSA) is 24.5 Å². The average Bonchev–Trinajstić information content (AvgIpc) is 2.24. The molecule has 0 atom stereocenters. The van der Waals surface area contributed by atoms with Gasteiger partial charge >= 0.3 is 0 Å². The van der Waals surface area contributed by atoms with Crippen LogP contribution in [0.4, 0.5) is 0 Å². The summed E-state index contributed by atoms with van der Waals surface area (Å²) in [7, 11) is 0. The van der Waals surface area contributed by atoms with E-state index in [0.717, 1.165) is 50.8 Å². The first-order valence-corrected chi connectivity index (χ1v) is 6.49. The fraction of sp³-hybridized carbons (Fsp3) is 0.917. The summed E-state index contributed by atoms with van der Waals surface area (Å²) in [6.45, 7) is 12.5. The summed E-state index contributed by atoms with van der Waals surface area (Å²) < 4.78 is 5.31. The van der Waals surface area contributed by atoms with E-state index >= 15 is 0 Å². The summed E-state index contributed by atoms with van der Waals surface area (Å²) in [6.07, 6.45) is 1.15. The number of hydrogen-bond acceptors (Lipinski definition) is 3. The monoisotopic (exact) mass is 244 g/mol. The van der Waals surface area contributed by atoms with Gasteiger partial charge < -0.3 is 10.1 Å². The molecule has 1 rings (SSSR count). The van der Waals surface area contributed by atoms with Crippen LogP contribution >= 0.6 is 12.2 Å². The number of nitrogens with zero attached hydrogens (tertiary/aromatic N) is 1. The lowest BCUT2D eigenvalue weighted by atomic mass is 9.97. The van der Waals surface area contributed by atoms with E-state index in [0.29, 0.717) is 0 Å². The summed E-state index contributed by atoms with van der Waals surface area (Å²) in [4.78, 5) is 3.42. The molecule has 1 N–H and O–H groups in total. The molecular formula is C12H24N2OS. The van der Waals surface area contributed by atoms with Crippen LogP contribution in [0.3, 0.4) is 0 Å². The first-order valence-electron chi connectivity index (χ1n) is 6.08. The lowest BCUT2D eigenvalue weighted by Crippen LogP contribution is -2.39. The lowest BCUT2D eigenvalue weighted by Gasteiger charge is -2.27. The van der Waals surface area contributed by atoms with E-state index in [1.165, 1.54) is 0 Å². The van der Waals surface area contributed by atoms with Crippen molar-refractivity contribution in [3.63, 3.8) is 0 Å². The van der Waals surface area contributed by atoms with Gasteiger partial charge in [-0.3, -0.25) is 4.90 Å². The molecular weight excluding hydrogens is 220 g/mol. The molecule has 0 aromatic carbocycles. The third-order valence-electron chi connectivity index (χ3n) is 2.72. The van der Waals surface area contributed by atoms with E-state index in [1.54, 1.807) is 0 Å². The average molecular weight is 244 g/mol. The Bertz CT molecular complexity index is 220. The summed E-state index contributed by atoms with van der Waals surface area (Å²) >= 11 is 5.32. The van der Waals surface area contributed by atoms with Crippen molar-refractivity contribution >= 4 is 17.2 Å². The third kappa shape index (κ3) is 5.23. The molecule has 4 heteroatoms. The molecule has 0 saturated carbocycles. The molecule has 0 aliphatic carbocycles. The summed E-state index contributed by atoms with van der Waals surface area (Å²) in [5, 5.41) is 3.34. The van der Waals surface area contributed by atoms with Gasteiger partial charge in [-0.1, -0.05) is 33.0 Å². The minimum absolute atomic E-state index is 0.0916. The number of hydrogen-bond donors (Lipinski definition) is 1. The molecule has 1 saturated heterocycles. The van der Waals surface area contributed by atoms with Crippen molar-refractivity contribution in [2.75, 3.05) is 39.4 Å².